The fourth-order valence-electron chi connectivity index (χ4n) is 14.2. The monoisotopic (exact) mass is 1440 g/mol. The maximum Gasteiger partial charge on any atom is 0.217 e. The van der Waals surface area contributed by atoms with Gasteiger partial charge in [0.2, 0.25) is 5.91 Å². The fraction of sp³-hybridized carbons (Fsp3) is 0.882. The van der Waals surface area contributed by atoms with E-state index >= 15 is 0 Å². The summed E-state index contributed by atoms with van der Waals surface area (Å²) in [4.78, 5) is 28.0. The molecular formula is C76H137N3O22. The minimum Gasteiger partial charge on any atom is -0.399 e. The number of nitrogens with one attached hydrogen (secondary N) is 2. The highest BCUT2D eigenvalue weighted by Crippen LogP contribution is 2.36. The van der Waals surface area contributed by atoms with Crippen LogP contribution in [0.15, 0.2) is 35.5 Å². The normalized spacial score (nSPS) is 38.4. The van der Waals surface area contributed by atoms with E-state index in [4.69, 9.17) is 85.4 Å². The average molecular weight is 1440 g/mol. The summed E-state index contributed by atoms with van der Waals surface area (Å²) in [5, 5.41) is 29.7. The summed E-state index contributed by atoms with van der Waals surface area (Å²) < 4.78 is 99.5. The standard InChI is InChI=1S/C19H35NO6.C18H35NO5.C17H32O6.C12H15NO2.C10H20O3/c1-10(2)14-8-16(23-7)19(12(4)24-14)26-17-9-15(22-6)18(11(3)25-17)20-13(5)21;1-10(2)13-8-15(21-7)18(12(4)22-13)24-16-9-14(20-6)17(19-5)11(3)23-16;1-9(2)12-7-14(20-6)17(11(4)21-12)23-15-8-13(19-5)16(18)10(3)22-15;1-9(2)12(14)11(13-15-3)10-7-5-4-6-8-10;1-6(2)8-5-9(12-4)10(11)7(3)13-8/h10-12,14-19H,8-9H2,1-7H3,(H,20,21);10-19H,8-9H2,1-7H3;9-18H,7-8H2,1-6H3;4-9H,1-3H3;6-11H,5H2,1-4H3/b;;;13-11+;/t11-,12-,14+,15-,16-,17-,18+,19-;11-,12-,13+,14-,15-,16-,17+,18-;10-,11-,12+,13+,14-,15-,16-,17-;;7-,8+,9-,10-/m000.0/s1. The Morgan fingerprint density at radius 3 is 1.06 bits per heavy atom. The molecule has 0 aliphatic carbocycles. The maximum atomic E-state index is 11.8. The van der Waals surface area contributed by atoms with Gasteiger partial charge in [-0.2, -0.15) is 0 Å². The molecule has 0 radical (unpaired) electrons. The molecule has 28 atom stereocenters. The number of rotatable bonds is 23. The highest BCUT2D eigenvalue weighted by molar-refractivity contribution is 6.46. The number of benzene rings is 1. The molecule has 7 aliphatic rings. The number of aliphatic hydroxyl groups is 2. The third kappa shape index (κ3) is 27.0. The van der Waals surface area contributed by atoms with Crippen LogP contribution < -0.4 is 10.6 Å². The van der Waals surface area contributed by atoms with E-state index in [1.807, 2.05) is 92.8 Å². The van der Waals surface area contributed by atoms with E-state index in [-0.39, 0.29) is 164 Å². The average Bonchev–Trinajstić information content (AvgIpc) is 0.814. The van der Waals surface area contributed by atoms with Gasteiger partial charge in [-0.05, 0) is 79.2 Å². The number of carbonyl (C=O) groups excluding carboxylic acids is 2. The second-order valence-corrected chi connectivity index (χ2v) is 29.7. The largest absolute Gasteiger partial charge is 0.399 e. The van der Waals surface area contributed by atoms with Crippen LogP contribution in [0.4, 0.5) is 0 Å². The first-order valence-electron chi connectivity index (χ1n) is 37.0. The molecule has 8 rings (SSSR count). The van der Waals surface area contributed by atoms with Gasteiger partial charge in [0.25, 0.3) is 0 Å². The van der Waals surface area contributed by atoms with Crippen LogP contribution in [0.2, 0.25) is 0 Å². The molecule has 7 fully saturated rings. The highest BCUT2D eigenvalue weighted by Gasteiger charge is 2.47. The minimum absolute atomic E-state index is 0.0111. The van der Waals surface area contributed by atoms with Crippen molar-refractivity contribution >= 4 is 17.4 Å². The predicted molar refractivity (Wildman–Crippen MR) is 385 cm³/mol. The minimum atomic E-state index is -0.636. The zero-order valence-corrected chi connectivity index (χ0v) is 66.4. The van der Waals surface area contributed by atoms with Gasteiger partial charge < -0.3 is 106 Å². The maximum absolute atomic E-state index is 11.8. The molecule has 4 N–H and O–H groups in total. The van der Waals surface area contributed by atoms with E-state index in [1.54, 1.807) is 49.8 Å². The van der Waals surface area contributed by atoms with Crippen molar-refractivity contribution in [1.29, 1.82) is 0 Å². The van der Waals surface area contributed by atoms with E-state index in [0.29, 0.717) is 48.6 Å². The van der Waals surface area contributed by atoms with E-state index in [0.717, 1.165) is 31.2 Å². The van der Waals surface area contributed by atoms with Crippen LogP contribution in [0.5, 0.6) is 0 Å². The van der Waals surface area contributed by atoms with Crippen LogP contribution in [0.1, 0.15) is 175 Å². The third-order valence-corrected chi connectivity index (χ3v) is 20.5. The molecule has 7 heterocycles. The van der Waals surface area contributed by atoms with Gasteiger partial charge in [0.15, 0.2) is 30.4 Å². The summed E-state index contributed by atoms with van der Waals surface area (Å²) >= 11 is 0. The van der Waals surface area contributed by atoms with E-state index in [2.05, 4.69) is 78.1 Å². The van der Waals surface area contributed by atoms with Crippen molar-refractivity contribution in [3.05, 3.63) is 35.9 Å². The van der Waals surface area contributed by atoms with Gasteiger partial charge in [-0.3, -0.25) is 9.59 Å². The molecule has 0 unspecified atom stereocenters. The Kier molecular flexibility index (Phi) is 40.3. The molecule has 0 bridgehead atoms. The Morgan fingerprint density at radius 2 is 0.733 bits per heavy atom. The first-order valence-corrected chi connectivity index (χ1v) is 37.0. The van der Waals surface area contributed by atoms with Gasteiger partial charge in [-0.15, -0.1) is 0 Å². The molecule has 7 aliphatic heterocycles. The second kappa shape index (κ2) is 45.0. The number of nitrogens with zero attached hydrogens (tertiary/aromatic N) is 1. The molecule has 101 heavy (non-hydrogen) atoms. The Hall–Kier alpha value is -2.97. The number of carbonyl (C=O) groups is 2. The molecule has 25 heteroatoms. The van der Waals surface area contributed by atoms with Crippen molar-refractivity contribution in [3.63, 3.8) is 0 Å². The number of hydrogen-bond donors (Lipinski definition) is 4. The molecule has 25 nitrogen and oxygen atoms in total. The van der Waals surface area contributed by atoms with E-state index in [9.17, 15) is 19.8 Å². The van der Waals surface area contributed by atoms with Crippen molar-refractivity contribution in [3.8, 4) is 0 Å². The van der Waals surface area contributed by atoms with Crippen molar-refractivity contribution in [2.24, 2.45) is 34.7 Å². The quantitative estimate of drug-likeness (QED) is 0.0587. The van der Waals surface area contributed by atoms with Gasteiger partial charge in [-0.1, -0.05) is 105 Å². The van der Waals surface area contributed by atoms with Crippen molar-refractivity contribution in [2.45, 2.75) is 341 Å². The zero-order chi connectivity index (χ0) is 75.7. The molecule has 0 aromatic heterocycles. The van der Waals surface area contributed by atoms with Crippen LogP contribution >= 0.6 is 0 Å². The van der Waals surface area contributed by atoms with Crippen LogP contribution in [0.3, 0.4) is 0 Å². The topological polar surface area (TPSA) is 277 Å². The van der Waals surface area contributed by atoms with Crippen LogP contribution in [-0.4, -0.2) is 263 Å². The molecule has 0 saturated carbocycles. The Bertz CT molecular complexity index is 2470. The fourth-order valence-corrected chi connectivity index (χ4v) is 14.2. The zero-order valence-electron chi connectivity index (χ0n) is 66.4. The Morgan fingerprint density at radius 1 is 0.426 bits per heavy atom. The Balaban J connectivity index is 0.000000273. The first-order chi connectivity index (χ1) is 47.8. The number of amides is 1. The predicted octanol–water partition coefficient (Wildman–Crippen LogP) is 9.02. The van der Waals surface area contributed by atoms with Crippen molar-refractivity contribution in [1.82, 2.24) is 10.6 Å². The molecule has 1 aromatic carbocycles. The van der Waals surface area contributed by atoms with Crippen LogP contribution in [-0.2, 0) is 95.0 Å². The second-order valence-electron chi connectivity index (χ2n) is 29.7. The number of likely N-dealkylation sites (N-methyl/N-ethyl adjacent to an activating group) is 1. The number of hydrogen-bond acceptors (Lipinski definition) is 24. The molecule has 7 saturated heterocycles. The molecule has 0 spiro atoms. The number of oxime groups is 1. The number of ether oxygens (including phenoxy) is 17. The first kappa shape index (κ1) is 90.4. The van der Waals surface area contributed by atoms with Crippen LogP contribution in [0, 0.1) is 29.6 Å². The number of aliphatic hydroxyl groups excluding tert-OH is 2. The van der Waals surface area contributed by atoms with Gasteiger partial charge in [-0.25, -0.2) is 0 Å². The van der Waals surface area contributed by atoms with E-state index < -0.39 is 24.8 Å². The lowest BCUT2D eigenvalue weighted by Crippen LogP contribution is -2.58. The molecular weight excluding hydrogens is 1310 g/mol. The lowest BCUT2D eigenvalue weighted by molar-refractivity contribution is -0.298. The third-order valence-electron chi connectivity index (χ3n) is 20.5. The summed E-state index contributed by atoms with van der Waals surface area (Å²) in [7, 11) is 15.2. The number of methoxy groups -OCH3 is 7. The lowest BCUT2D eigenvalue weighted by atomic mass is 9.92. The number of Topliss-reactive ketones (excluding diaryl/α,β-unsaturated/α-hetero) is 1. The van der Waals surface area contributed by atoms with Crippen molar-refractivity contribution < 1.29 is 105 Å². The number of ketones is 1. The molecule has 1 aromatic rings. The molecule has 588 valence electrons. The lowest BCUT2D eigenvalue weighted by Gasteiger charge is -2.45. The Labute approximate surface area is 606 Å². The van der Waals surface area contributed by atoms with Gasteiger partial charge in [0, 0.05) is 113 Å². The smallest absolute Gasteiger partial charge is 0.217 e. The molecule has 1 amide bonds. The van der Waals surface area contributed by atoms with Gasteiger partial charge >= 0.3 is 0 Å². The SMILES string of the molecule is CN[C@@H]1[C@H](C)O[C@@H](O[C@H]2[C@H](C)O[C@@H](C(C)C)C[C@@H]2OC)C[C@@H]1OC.CO/N=C(/C(=O)C(C)C)c1ccccc1.CO[C@H]1C[C@H](C(C)C)O[C@@H](C)[C@@H]1O.CO[C@H]1C[C@H](C(C)C)O[C@@H](C)[C@@H]1O[C@H]1C[C@@H](OC)[C@@H](O)[C@H](C)O1.CO[C@H]1C[C@H](O[C@H]2[C@H](C)O[C@@H](C(C)C)C[C@@H]2OC)O[C@@H](C)[C@H]1NC(C)=O. The summed E-state index contributed by atoms with van der Waals surface area (Å²) in [5.41, 5.74) is 1.17. The van der Waals surface area contributed by atoms with Crippen LogP contribution in [0.25, 0.3) is 0 Å². The highest BCUT2D eigenvalue weighted by atomic mass is 16.7. The summed E-state index contributed by atoms with van der Waals surface area (Å²) in [6.45, 7) is 36.2. The summed E-state index contributed by atoms with van der Waals surface area (Å²) in [6, 6.07) is 9.30. The van der Waals surface area contributed by atoms with Gasteiger partial charge in [0.05, 0.1) is 122 Å². The van der Waals surface area contributed by atoms with Crippen molar-refractivity contribution in [2.75, 3.05) is 63.9 Å². The summed E-state index contributed by atoms with van der Waals surface area (Å²) in [5.74, 6) is 1.62. The summed E-state index contributed by atoms with van der Waals surface area (Å²) in [6.07, 6.45) is 1.55. The van der Waals surface area contributed by atoms with E-state index in [1.165, 1.54) is 14.0 Å². The van der Waals surface area contributed by atoms with Gasteiger partial charge in [0.1, 0.15) is 37.6 Å².